The number of ether oxygens (including phenoxy) is 1. The van der Waals surface area contributed by atoms with E-state index in [2.05, 4.69) is 0 Å². The number of ketones is 1. The maximum absolute atomic E-state index is 13.5. The van der Waals surface area contributed by atoms with Gasteiger partial charge in [0.05, 0.1) is 23.7 Å². The molecule has 0 saturated carbocycles. The van der Waals surface area contributed by atoms with Crippen LogP contribution in [0.3, 0.4) is 0 Å². The van der Waals surface area contributed by atoms with Crippen molar-refractivity contribution in [2.45, 2.75) is 12.6 Å². The Morgan fingerprint density at radius 3 is 2.47 bits per heavy atom. The van der Waals surface area contributed by atoms with Gasteiger partial charge in [0.2, 0.25) is 0 Å². The third-order valence-electron chi connectivity index (χ3n) is 6.35. The summed E-state index contributed by atoms with van der Waals surface area (Å²) in [7, 11) is 1.48. The quantitative estimate of drug-likeness (QED) is 0.199. The van der Waals surface area contributed by atoms with E-state index in [-0.39, 0.29) is 22.7 Å². The first kappa shape index (κ1) is 23.6. The molecule has 0 aromatic heterocycles. The number of hydrogen-bond donors (Lipinski definition) is 1. The van der Waals surface area contributed by atoms with Crippen molar-refractivity contribution in [2.75, 3.05) is 7.11 Å². The number of aliphatic hydroxyl groups is 1. The van der Waals surface area contributed by atoms with Gasteiger partial charge in [0.1, 0.15) is 17.3 Å². The monoisotopic (exact) mass is 501 g/mol. The molecule has 1 heterocycles. The summed E-state index contributed by atoms with van der Waals surface area (Å²) in [6.45, 7) is 0.0430. The van der Waals surface area contributed by atoms with Crippen LogP contribution in [0.15, 0.2) is 90.5 Å². The summed E-state index contributed by atoms with van der Waals surface area (Å²) in [5, 5.41) is 13.4. The van der Waals surface area contributed by atoms with Crippen molar-refractivity contribution in [3.63, 3.8) is 0 Å². The number of halogens is 2. The molecule has 5 nitrogen and oxygen atoms in total. The molecule has 1 amide bonds. The van der Waals surface area contributed by atoms with E-state index in [1.54, 1.807) is 24.3 Å². The van der Waals surface area contributed by atoms with Crippen molar-refractivity contribution in [1.29, 1.82) is 0 Å². The molecular formula is C29H21ClFNO4. The van der Waals surface area contributed by atoms with Gasteiger partial charge in [0.25, 0.3) is 11.7 Å². The molecule has 1 aliphatic rings. The van der Waals surface area contributed by atoms with Crippen LogP contribution in [0.25, 0.3) is 16.5 Å². The lowest BCUT2D eigenvalue weighted by Crippen LogP contribution is -2.29. The summed E-state index contributed by atoms with van der Waals surface area (Å²) < 4.78 is 18.8. The fourth-order valence-electron chi connectivity index (χ4n) is 4.60. The van der Waals surface area contributed by atoms with Crippen molar-refractivity contribution in [3.05, 3.63) is 118 Å². The second-order valence-corrected chi connectivity index (χ2v) is 8.87. The highest BCUT2D eigenvalue weighted by Gasteiger charge is 2.46. The van der Waals surface area contributed by atoms with Gasteiger partial charge >= 0.3 is 0 Å². The van der Waals surface area contributed by atoms with Gasteiger partial charge in [0, 0.05) is 12.1 Å². The number of fused-ring (bicyclic) bond motifs is 1. The van der Waals surface area contributed by atoms with Crippen LogP contribution in [0.5, 0.6) is 5.75 Å². The molecule has 0 aliphatic carbocycles. The smallest absolute Gasteiger partial charge is 0.295 e. The van der Waals surface area contributed by atoms with Gasteiger partial charge < -0.3 is 14.7 Å². The second kappa shape index (κ2) is 9.47. The third-order valence-corrected chi connectivity index (χ3v) is 6.68. The Morgan fingerprint density at radius 1 is 1.00 bits per heavy atom. The van der Waals surface area contributed by atoms with Crippen molar-refractivity contribution < 1.29 is 23.8 Å². The lowest BCUT2D eigenvalue weighted by Gasteiger charge is -2.26. The SMILES string of the molecule is COc1ccc(Cl)c(/C(O)=C2\C(=O)C(=O)N(Cc3ccc(F)cc3)C2c2cccc3ccccc23)c1. The van der Waals surface area contributed by atoms with E-state index in [9.17, 15) is 19.1 Å². The van der Waals surface area contributed by atoms with Crippen molar-refractivity contribution in [1.82, 2.24) is 4.90 Å². The van der Waals surface area contributed by atoms with Crippen LogP contribution in [0.4, 0.5) is 4.39 Å². The molecule has 1 aliphatic heterocycles. The topological polar surface area (TPSA) is 66.8 Å². The highest BCUT2D eigenvalue weighted by molar-refractivity contribution is 6.47. The van der Waals surface area contributed by atoms with Crippen LogP contribution in [-0.2, 0) is 16.1 Å². The van der Waals surface area contributed by atoms with Crippen LogP contribution in [-0.4, -0.2) is 28.8 Å². The molecule has 1 atom stereocenters. The molecule has 36 heavy (non-hydrogen) atoms. The molecule has 5 rings (SSSR count). The average Bonchev–Trinajstić information content (AvgIpc) is 3.14. The van der Waals surface area contributed by atoms with Gasteiger partial charge in [-0.3, -0.25) is 9.59 Å². The minimum atomic E-state index is -0.900. The Bertz CT molecular complexity index is 1530. The maximum Gasteiger partial charge on any atom is 0.295 e. The standard InChI is InChI=1S/C29H21ClFNO4/c1-36-20-13-14-24(30)23(15-20)27(33)25-26(22-8-4-6-18-5-2-3-7-21(18)22)32(29(35)28(25)34)16-17-9-11-19(31)12-10-17/h2-15,26,33H,16H2,1H3/b27-25+. The van der Waals surface area contributed by atoms with Gasteiger partial charge in [-0.05, 0) is 52.2 Å². The zero-order valence-electron chi connectivity index (χ0n) is 19.2. The Hall–Kier alpha value is -4.16. The highest BCUT2D eigenvalue weighted by Crippen LogP contribution is 2.43. The number of methoxy groups -OCH3 is 1. The van der Waals surface area contributed by atoms with E-state index >= 15 is 0 Å². The van der Waals surface area contributed by atoms with E-state index < -0.39 is 29.3 Å². The predicted octanol–water partition coefficient (Wildman–Crippen LogP) is 6.26. The van der Waals surface area contributed by atoms with E-state index in [1.807, 2.05) is 42.5 Å². The second-order valence-electron chi connectivity index (χ2n) is 8.47. The zero-order valence-corrected chi connectivity index (χ0v) is 20.0. The molecule has 180 valence electrons. The van der Waals surface area contributed by atoms with Crippen molar-refractivity contribution in [2.24, 2.45) is 0 Å². The molecule has 4 aromatic rings. The fraction of sp³-hybridized carbons (Fsp3) is 0.103. The summed E-state index contributed by atoms with van der Waals surface area (Å²) in [6, 6.07) is 22.7. The Kier molecular flexibility index (Phi) is 6.20. The summed E-state index contributed by atoms with van der Waals surface area (Å²) in [4.78, 5) is 28.2. The zero-order chi connectivity index (χ0) is 25.4. The lowest BCUT2D eigenvalue weighted by atomic mass is 9.91. The third kappa shape index (κ3) is 4.10. The first-order valence-electron chi connectivity index (χ1n) is 11.2. The van der Waals surface area contributed by atoms with E-state index in [0.717, 1.165) is 10.8 Å². The van der Waals surface area contributed by atoms with Gasteiger partial charge in [-0.15, -0.1) is 0 Å². The van der Waals surface area contributed by atoms with E-state index in [1.165, 1.54) is 30.2 Å². The van der Waals surface area contributed by atoms with Crippen LogP contribution in [0.1, 0.15) is 22.7 Å². The van der Waals surface area contributed by atoms with E-state index in [4.69, 9.17) is 16.3 Å². The van der Waals surface area contributed by atoms with Crippen LogP contribution < -0.4 is 4.74 Å². The molecule has 0 radical (unpaired) electrons. The summed E-state index contributed by atoms with van der Waals surface area (Å²) >= 11 is 6.39. The van der Waals surface area contributed by atoms with E-state index in [0.29, 0.717) is 16.9 Å². The Morgan fingerprint density at radius 2 is 1.72 bits per heavy atom. The summed E-state index contributed by atoms with van der Waals surface area (Å²) in [5.41, 5.74) is 1.42. The fourth-order valence-corrected chi connectivity index (χ4v) is 4.81. The lowest BCUT2D eigenvalue weighted by molar-refractivity contribution is -0.140. The maximum atomic E-state index is 13.5. The van der Waals surface area contributed by atoms with Gasteiger partial charge in [0.15, 0.2) is 0 Å². The molecule has 0 bridgehead atoms. The Balaban J connectivity index is 1.75. The molecule has 1 unspecified atom stereocenters. The van der Waals surface area contributed by atoms with Crippen molar-refractivity contribution >= 4 is 39.8 Å². The highest BCUT2D eigenvalue weighted by atomic mass is 35.5. The molecule has 1 saturated heterocycles. The molecule has 1 fully saturated rings. The molecule has 4 aromatic carbocycles. The number of rotatable bonds is 5. The number of aliphatic hydroxyl groups excluding tert-OH is 1. The molecule has 1 N–H and O–H groups in total. The first-order chi connectivity index (χ1) is 17.4. The number of Topliss-reactive ketones (excluding diaryl/α,β-unsaturated/α-hetero) is 1. The van der Waals surface area contributed by atoms with Crippen LogP contribution in [0, 0.1) is 5.82 Å². The Labute approximate surface area is 212 Å². The predicted molar refractivity (Wildman–Crippen MR) is 136 cm³/mol. The molecule has 0 spiro atoms. The number of nitrogens with zero attached hydrogens (tertiary/aromatic N) is 1. The number of carbonyl (C=O) groups excluding carboxylic acids is 2. The number of hydrogen-bond acceptors (Lipinski definition) is 4. The normalized spacial score (nSPS) is 17.1. The number of benzene rings is 4. The molecular weight excluding hydrogens is 481 g/mol. The van der Waals surface area contributed by atoms with Gasteiger partial charge in [-0.1, -0.05) is 66.2 Å². The average molecular weight is 502 g/mol. The number of carbonyl (C=O) groups is 2. The summed E-state index contributed by atoms with van der Waals surface area (Å²) in [6.07, 6.45) is 0. The summed E-state index contributed by atoms with van der Waals surface area (Å²) in [5.74, 6) is -1.96. The minimum Gasteiger partial charge on any atom is -0.507 e. The minimum absolute atomic E-state index is 0.0430. The molecule has 7 heteroatoms. The number of likely N-dealkylation sites (tertiary alicyclic amines) is 1. The van der Waals surface area contributed by atoms with Crippen LogP contribution in [0.2, 0.25) is 5.02 Å². The van der Waals surface area contributed by atoms with Gasteiger partial charge in [-0.25, -0.2) is 4.39 Å². The van der Waals surface area contributed by atoms with Crippen LogP contribution >= 0.6 is 11.6 Å². The van der Waals surface area contributed by atoms with Gasteiger partial charge in [-0.2, -0.15) is 0 Å². The largest absolute Gasteiger partial charge is 0.507 e. The first-order valence-corrected chi connectivity index (χ1v) is 11.6. The van der Waals surface area contributed by atoms with Crippen molar-refractivity contribution in [3.8, 4) is 5.75 Å². The number of amides is 1.